The van der Waals surface area contributed by atoms with Crippen LogP contribution in [0.1, 0.15) is 28.7 Å². The highest BCUT2D eigenvalue weighted by atomic mass is 16.5. The Balaban J connectivity index is 1.84. The maximum atomic E-state index is 12.6. The van der Waals surface area contributed by atoms with Crippen LogP contribution in [-0.4, -0.2) is 31.9 Å². The number of pyridine rings is 1. The number of rotatable bonds is 4. The van der Waals surface area contributed by atoms with Gasteiger partial charge in [0.05, 0.1) is 23.2 Å². The first-order valence-electron chi connectivity index (χ1n) is 7.06. The fraction of sp³-hybridized carbons (Fsp3) is 0.333. The zero-order valence-corrected chi connectivity index (χ0v) is 12.7. The molecule has 0 saturated heterocycles. The van der Waals surface area contributed by atoms with Gasteiger partial charge in [-0.1, -0.05) is 5.16 Å². The van der Waals surface area contributed by atoms with E-state index in [-0.39, 0.29) is 11.9 Å². The summed E-state index contributed by atoms with van der Waals surface area (Å²) in [6.45, 7) is 6.16. The van der Waals surface area contributed by atoms with Crippen LogP contribution in [0.25, 0.3) is 11.1 Å². The van der Waals surface area contributed by atoms with Gasteiger partial charge >= 0.3 is 0 Å². The Kier molecular flexibility index (Phi) is 3.62. The summed E-state index contributed by atoms with van der Waals surface area (Å²) in [4.78, 5) is 16.8. The molecule has 3 aromatic rings. The Morgan fingerprint density at radius 1 is 1.45 bits per heavy atom. The summed E-state index contributed by atoms with van der Waals surface area (Å²) in [5.74, 6) is -0.165. The van der Waals surface area contributed by atoms with Gasteiger partial charge in [-0.15, -0.1) is 0 Å². The van der Waals surface area contributed by atoms with E-state index in [9.17, 15) is 4.79 Å². The number of carbonyl (C=O) groups is 1. The van der Waals surface area contributed by atoms with E-state index in [1.807, 2.05) is 26.1 Å². The van der Waals surface area contributed by atoms with Crippen molar-refractivity contribution in [1.82, 2.24) is 25.2 Å². The monoisotopic (exact) mass is 299 g/mol. The quantitative estimate of drug-likeness (QED) is 0.794. The van der Waals surface area contributed by atoms with Crippen molar-refractivity contribution in [2.45, 2.75) is 33.4 Å². The van der Waals surface area contributed by atoms with Gasteiger partial charge in [-0.05, 0) is 32.9 Å². The second-order valence-corrected chi connectivity index (χ2v) is 5.36. The van der Waals surface area contributed by atoms with Crippen LogP contribution in [-0.2, 0) is 6.54 Å². The Bertz CT molecular complexity index is 807. The van der Waals surface area contributed by atoms with Crippen LogP contribution in [0.2, 0.25) is 0 Å². The number of fused-ring (bicyclic) bond motifs is 1. The molecule has 0 aliphatic rings. The highest BCUT2D eigenvalue weighted by Gasteiger charge is 2.19. The van der Waals surface area contributed by atoms with Crippen molar-refractivity contribution in [3.8, 4) is 0 Å². The third-order valence-corrected chi connectivity index (χ3v) is 3.39. The number of hydrogen-bond donors (Lipinski definition) is 1. The molecular weight excluding hydrogens is 282 g/mol. The van der Waals surface area contributed by atoms with Crippen molar-refractivity contribution < 1.29 is 9.32 Å². The fourth-order valence-electron chi connectivity index (χ4n) is 2.43. The first-order valence-corrected chi connectivity index (χ1v) is 7.06. The molecule has 3 aromatic heterocycles. The van der Waals surface area contributed by atoms with Gasteiger partial charge in [0.25, 0.3) is 11.6 Å². The molecule has 0 spiro atoms. The number of carbonyl (C=O) groups excluding carboxylic acids is 1. The minimum Gasteiger partial charge on any atom is -0.348 e. The molecule has 0 bridgehead atoms. The van der Waals surface area contributed by atoms with Crippen LogP contribution in [0, 0.1) is 13.8 Å². The van der Waals surface area contributed by atoms with Crippen molar-refractivity contribution in [3.63, 3.8) is 0 Å². The Labute approximate surface area is 127 Å². The number of nitrogens with one attached hydrogen (secondary N) is 1. The van der Waals surface area contributed by atoms with E-state index < -0.39 is 0 Å². The molecule has 7 nitrogen and oxygen atoms in total. The molecule has 1 unspecified atom stereocenters. The van der Waals surface area contributed by atoms with Crippen LogP contribution in [0.4, 0.5) is 0 Å². The van der Waals surface area contributed by atoms with Crippen molar-refractivity contribution >= 4 is 17.0 Å². The predicted molar refractivity (Wildman–Crippen MR) is 80.4 cm³/mol. The van der Waals surface area contributed by atoms with Gasteiger partial charge in [0.15, 0.2) is 0 Å². The number of nitrogens with zero attached hydrogens (tertiary/aromatic N) is 4. The molecule has 0 aliphatic carbocycles. The summed E-state index contributed by atoms with van der Waals surface area (Å²) < 4.78 is 6.94. The summed E-state index contributed by atoms with van der Waals surface area (Å²) in [5, 5.41) is 11.7. The lowest BCUT2D eigenvalue weighted by Crippen LogP contribution is -2.36. The van der Waals surface area contributed by atoms with Gasteiger partial charge < -0.3 is 9.84 Å². The molecule has 0 aliphatic heterocycles. The van der Waals surface area contributed by atoms with E-state index in [0.717, 1.165) is 0 Å². The highest BCUT2D eigenvalue weighted by molar-refractivity contribution is 6.06. The molecule has 22 heavy (non-hydrogen) atoms. The topological polar surface area (TPSA) is 85.8 Å². The van der Waals surface area contributed by atoms with Crippen molar-refractivity contribution in [2.75, 3.05) is 0 Å². The SMILES string of the molecule is Cc1cc(C(=O)NC(C)Cn2cccn2)c2c(C)noc2n1. The summed E-state index contributed by atoms with van der Waals surface area (Å²) >= 11 is 0. The molecule has 1 N–H and O–H groups in total. The molecule has 7 heteroatoms. The summed E-state index contributed by atoms with van der Waals surface area (Å²) in [6.07, 6.45) is 3.58. The van der Waals surface area contributed by atoms with Crippen molar-refractivity contribution in [2.24, 2.45) is 0 Å². The molecule has 0 saturated carbocycles. The van der Waals surface area contributed by atoms with Gasteiger partial charge in [-0.3, -0.25) is 9.48 Å². The summed E-state index contributed by atoms with van der Waals surface area (Å²) in [6, 6.07) is 3.55. The lowest BCUT2D eigenvalue weighted by atomic mass is 10.1. The molecule has 3 heterocycles. The second-order valence-electron chi connectivity index (χ2n) is 5.36. The van der Waals surface area contributed by atoms with Gasteiger partial charge in [0, 0.05) is 24.1 Å². The molecule has 0 radical (unpaired) electrons. The maximum Gasteiger partial charge on any atom is 0.258 e. The van der Waals surface area contributed by atoms with Crippen molar-refractivity contribution in [1.29, 1.82) is 0 Å². The average Bonchev–Trinajstić information content (AvgIpc) is 3.08. The van der Waals surface area contributed by atoms with E-state index in [2.05, 4.69) is 20.6 Å². The average molecular weight is 299 g/mol. The number of hydrogen-bond acceptors (Lipinski definition) is 5. The molecule has 0 fully saturated rings. The van der Waals surface area contributed by atoms with Gasteiger partial charge in [-0.2, -0.15) is 5.10 Å². The zero-order chi connectivity index (χ0) is 15.7. The highest BCUT2D eigenvalue weighted by Crippen LogP contribution is 2.21. The number of amides is 1. The van der Waals surface area contributed by atoms with Gasteiger partial charge in [-0.25, -0.2) is 4.98 Å². The van der Waals surface area contributed by atoms with E-state index >= 15 is 0 Å². The minimum atomic E-state index is -0.165. The third-order valence-electron chi connectivity index (χ3n) is 3.39. The van der Waals surface area contributed by atoms with Crippen LogP contribution < -0.4 is 5.32 Å². The van der Waals surface area contributed by atoms with Crippen LogP contribution >= 0.6 is 0 Å². The van der Waals surface area contributed by atoms with E-state index in [0.29, 0.717) is 34.6 Å². The smallest absolute Gasteiger partial charge is 0.258 e. The van der Waals surface area contributed by atoms with Gasteiger partial charge in [0.2, 0.25) is 0 Å². The molecular formula is C15H17N5O2. The first kappa shape index (κ1) is 14.2. The lowest BCUT2D eigenvalue weighted by Gasteiger charge is -2.14. The molecule has 1 atom stereocenters. The Morgan fingerprint density at radius 3 is 3.00 bits per heavy atom. The zero-order valence-electron chi connectivity index (χ0n) is 12.7. The van der Waals surface area contributed by atoms with Crippen LogP contribution in [0.3, 0.4) is 0 Å². The standard InChI is InChI=1S/C15H17N5O2/c1-9-7-12(13-11(3)19-22-15(13)18-9)14(21)17-10(2)8-20-6-4-5-16-20/h4-7,10H,8H2,1-3H3,(H,17,21). The molecule has 3 rings (SSSR count). The van der Waals surface area contributed by atoms with Crippen LogP contribution in [0.5, 0.6) is 0 Å². The van der Waals surface area contributed by atoms with E-state index in [1.165, 1.54) is 0 Å². The van der Waals surface area contributed by atoms with E-state index in [4.69, 9.17) is 4.52 Å². The maximum absolute atomic E-state index is 12.6. The molecule has 1 amide bonds. The normalized spacial score (nSPS) is 12.5. The lowest BCUT2D eigenvalue weighted by molar-refractivity contribution is 0.0937. The largest absolute Gasteiger partial charge is 0.348 e. The van der Waals surface area contributed by atoms with Crippen molar-refractivity contribution in [3.05, 3.63) is 41.5 Å². The third kappa shape index (κ3) is 2.69. The summed E-state index contributed by atoms with van der Waals surface area (Å²) in [7, 11) is 0. The van der Waals surface area contributed by atoms with Crippen LogP contribution in [0.15, 0.2) is 29.0 Å². The van der Waals surface area contributed by atoms with Gasteiger partial charge in [0.1, 0.15) is 0 Å². The number of aromatic nitrogens is 4. The number of aryl methyl sites for hydroxylation is 2. The molecule has 114 valence electrons. The molecule has 0 aromatic carbocycles. The minimum absolute atomic E-state index is 0.0592. The Morgan fingerprint density at radius 2 is 2.27 bits per heavy atom. The van der Waals surface area contributed by atoms with E-state index in [1.54, 1.807) is 23.9 Å². The summed E-state index contributed by atoms with van der Waals surface area (Å²) in [5.41, 5.74) is 2.30. The Hall–Kier alpha value is -2.70. The second kappa shape index (κ2) is 5.59. The first-order chi connectivity index (χ1) is 10.5. The predicted octanol–water partition coefficient (Wildman–Crippen LogP) is 1.85. The fourth-order valence-corrected chi connectivity index (χ4v) is 2.43.